The number of benzene rings is 2. The zero-order valence-electron chi connectivity index (χ0n) is 18.9. The fourth-order valence-corrected chi connectivity index (χ4v) is 4.13. The third kappa shape index (κ3) is 3.75. The highest BCUT2D eigenvalue weighted by molar-refractivity contribution is 6.00. The van der Waals surface area contributed by atoms with Crippen LogP contribution in [0.4, 0.5) is 16.2 Å². The van der Waals surface area contributed by atoms with Gasteiger partial charge in [-0.3, -0.25) is 9.58 Å². The van der Waals surface area contributed by atoms with Crippen molar-refractivity contribution in [2.75, 3.05) is 12.0 Å². The van der Waals surface area contributed by atoms with Gasteiger partial charge in [0.2, 0.25) is 0 Å². The maximum Gasteiger partial charge on any atom is 0.323 e. The number of primary amides is 1. The Morgan fingerprint density at radius 2 is 1.88 bits per heavy atom. The van der Waals surface area contributed by atoms with E-state index in [-0.39, 0.29) is 0 Å². The number of hydrogen-bond donors (Lipinski definition) is 2. The Labute approximate surface area is 196 Å². The maximum absolute atomic E-state index is 12.5. The second kappa shape index (κ2) is 8.74. The van der Waals surface area contributed by atoms with Gasteiger partial charge in [0.1, 0.15) is 17.1 Å². The molecule has 0 radical (unpaired) electrons. The van der Waals surface area contributed by atoms with Crippen molar-refractivity contribution < 1.29 is 9.53 Å². The van der Waals surface area contributed by atoms with E-state index in [9.17, 15) is 4.79 Å². The number of aromatic nitrogens is 4. The van der Waals surface area contributed by atoms with Gasteiger partial charge in [-0.2, -0.15) is 5.10 Å². The van der Waals surface area contributed by atoms with Crippen molar-refractivity contribution in [1.29, 1.82) is 0 Å². The van der Waals surface area contributed by atoms with E-state index >= 15 is 0 Å². The molecule has 3 N–H and O–H groups in total. The minimum atomic E-state index is -0.590. The molecular weight excluding hydrogens is 428 g/mol. The quantitative estimate of drug-likeness (QED) is 0.363. The minimum Gasteiger partial charge on any atom is -0.497 e. The van der Waals surface area contributed by atoms with Crippen LogP contribution in [-0.4, -0.2) is 32.9 Å². The van der Waals surface area contributed by atoms with E-state index in [0.29, 0.717) is 17.1 Å². The van der Waals surface area contributed by atoms with E-state index in [1.165, 1.54) is 4.90 Å². The van der Waals surface area contributed by atoms with Gasteiger partial charge in [0.15, 0.2) is 0 Å². The van der Waals surface area contributed by atoms with Crippen LogP contribution in [0.5, 0.6) is 5.75 Å². The van der Waals surface area contributed by atoms with Crippen molar-refractivity contribution in [2.45, 2.75) is 13.5 Å². The molecule has 0 aliphatic heterocycles. The molecule has 2 aromatic carbocycles. The summed E-state index contributed by atoms with van der Waals surface area (Å²) in [4.78, 5) is 21.5. The van der Waals surface area contributed by atoms with Gasteiger partial charge in [0.05, 0.1) is 18.5 Å². The predicted molar refractivity (Wildman–Crippen MR) is 133 cm³/mol. The lowest BCUT2D eigenvalue weighted by Crippen LogP contribution is -2.31. The van der Waals surface area contributed by atoms with Crippen LogP contribution >= 0.6 is 0 Å². The standard InChI is InChI=1S/C26H24N6O2/c1-3-31-16-23(21-10-12-28-25-22(21)11-13-29-25)24(30-31)17-6-4-7-18(14-17)32(26(27)33)19-8-5-9-20(15-19)34-2/h4-16H,3H2,1-2H3,(H2,27,33)(H,28,29). The van der Waals surface area contributed by atoms with Crippen molar-refractivity contribution in [3.05, 3.63) is 79.3 Å². The van der Waals surface area contributed by atoms with Gasteiger partial charge in [-0.15, -0.1) is 0 Å². The molecule has 34 heavy (non-hydrogen) atoms. The fourth-order valence-electron chi connectivity index (χ4n) is 4.13. The average molecular weight is 453 g/mol. The second-order valence-electron chi connectivity index (χ2n) is 7.77. The molecule has 0 bridgehead atoms. The second-order valence-corrected chi connectivity index (χ2v) is 7.77. The number of fused-ring (bicyclic) bond motifs is 1. The van der Waals surface area contributed by atoms with Gasteiger partial charge in [-0.05, 0) is 48.9 Å². The summed E-state index contributed by atoms with van der Waals surface area (Å²) < 4.78 is 7.23. The van der Waals surface area contributed by atoms with Gasteiger partial charge in [0, 0.05) is 47.7 Å². The summed E-state index contributed by atoms with van der Waals surface area (Å²) in [5, 5.41) is 5.86. The smallest absolute Gasteiger partial charge is 0.323 e. The zero-order chi connectivity index (χ0) is 23.7. The Morgan fingerprint density at radius 3 is 2.65 bits per heavy atom. The first-order chi connectivity index (χ1) is 16.6. The highest BCUT2D eigenvalue weighted by Gasteiger charge is 2.20. The van der Waals surface area contributed by atoms with E-state index in [0.717, 1.165) is 40.0 Å². The number of pyridine rings is 1. The number of anilines is 2. The molecule has 8 nitrogen and oxygen atoms in total. The van der Waals surface area contributed by atoms with E-state index in [1.807, 2.05) is 78.6 Å². The number of hydrogen-bond acceptors (Lipinski definition) is 4. The molecule has 0 aliphatic carbocycles. The van der Waals surface area contributed by atoms with E-state index in [1.54, 1.807) is 19.4 Å². The van der Waals surface area contributed by atoms with Crippen LogP contribution in [0.1, 0.15) is 6.92 Å². The van der Waals surface area contributed by atoms with Gasteiger partial charge in [-0.25, -0.2) is 9.78 Å². The van der Waals surface area contributed by atoms with Crippen molar-refractivity contribution in [3.63, 3.8) is 0 Å². The first kappa shape index (κ1) is 21.3. The number of aromatic amines is 1. The molecule has 0 saturated carbocycles. The van der Waals surface area contributed by atoms with Crippen LogP contribution in [-0.2, 0) is 6.54 Å². The monoisotopic (exact) mass is 452 g/mol. The Hall–Kier alpha value is -4.59. The molecule has 3 aromatic heterocycles. The van der Waals surface area contributed by atoms with Gasteiger partial charge >= 0.3 is 6.03 Å². The number of urea groups is 1. The van der Waals surface area contributed by atoms with Crippen LogP contribution in [0, 0.1) is 0 Å². The average Bonchev–Trinajstić information content (AvgIpc) is 3.51. The van der Waals surface area contributed by atoms with Crippen LogP contribution in [0.2, 0.25) is 0 Å². The zero-order valence-corrected chi connectivity index (χ0v) is 18.9. The van der Waals surface area contributed by atoms with Gasteiger partial charge in [-0.1, -0.05) is 18.2 Å². The first-order valence-electron chi connectivity index (χ1n) is 10.9. The summed E-state index contributed by atoms with van der Waals surface area (Å²) in [7, 11) is 1.58. The predicted octanol–water partition coefficient (Wildman–Crippen LogP) is 5.34. The van der Waals surface area contributed by atoms with Gasteiger partial charge in [0.25, 0.3) is 0 Å². The van der Waals surface area contributed by atoms with Crippen molar-refractivity contribution in [3.8, 4) is 28.1 Å². The Balaban J connectivity index is 1.64. The summed E-state index contributed by atoms with van der Waals surface area (Å²) in [6.07, 6.45) is 5.71. The van der Waals surface area contributed by atoms with E-state index < -0.39 is 6.03 Å². The molecule has 0 spiro atoms. The summed E-state index contributed by atoms with van der Waals surface area (Å²) >= 11 is 0. The van der Waals surface area contributed by atoms with Gasteiger partial charge < -0.3 is 15.5 Å². The SMILES string of the molecule is CCn1cc(-c2ccnc3[nH]ccc23)c(-c2cccc(N(C(N)=O)c3cccc(OC)c3)c2)n1. The Bertz CT molecular complexity index is 1490. The molecule has 2 amide bonds. The number of ether oxygens (including phenoxy) is 1. The van der Waals surface area contributed by atoms with E-state index in [4.69, 9.17) is 15.6 Å². The normalized spacial score (nSPS) is 11.0. The molecule has 8 heteroatoms. The molecule has 0 fully saturated rings. The number of methoxy groups -OCH3 is 1. The Kier molecular flexibility index (Phi) is 5.47. The number of rotatable bonds is 6. The van der Waals surface area contributed by atoms with Crippen LogP contribution in [0.15, 0.2) is 79.3 Å². The lowest BCUT2D eigenvalue weighted by Gasteiger charge is -2.21. The van der Waals surface area contributed by atoms with Crippen molar-refractivity contribution in [1.82, 2.24) is 19.7 Å². The molecule has 0 unspecified atom stereocenters. The fraction of sp³-hybridized carbons (Fsp3) is 0.115. The molecule has 0 aliphatic rings. The number of carbonyl (C=O) groups excluding carboxylic acids is 1. The highest BCUT2D eigenvalue weighted by atomic mass is 16.5. The molecule has 0 saturated heterocycles. The number of nitrogens with two attached hydrogens (primary N) is 1. The van der Waals surface area contributed by atoms with E-state index in [2.05, 4.69) is 9.97 Å². The topological polar surface area (TPSA) is 102 Å². The lowest BCUT2D eigenvalue weighted by molar-refractivity contribution is 0.256. The number of nitrogens with zero attached hydrogens (tertiary/aromatic N) is 4. The first-order valence-corrected chi connectivity index (χ1v) is 10.9. The summed E-state index contributed by atoms with van der Waals surface area (Å²) in [6, 6.07) is 18.3. The molecule has 170 valence electrons. The molecule has 3 heterocycles. The van der Waals surface area contributed by atoms with Crippen LogP contribution in [0.25, 0.3) is 33.4 Å². The third-order valence-electron chi connectivity index (χ3n) is 5.75. The summed E-state index contributed by atoms with van der Waals surface area (Å²) in [5.74, 6) is 0.636. The highest BCUT2D eigenvalue weighted by Crippen LogP contribution is 2.37. The van der Waals surface area contributed by atoms with Crippen molar-refractivity contribution in [2.24, 2.45) is 5.73 Å². The maximum atomic E-state index is 12.5. The molecule has 5 aromatic rings. The molecular formula is C26H24N6O2. The number of aryl methyl sites for hydroxylation is 1. The number of H-pyrrole nitrogens is 1. The molecule has 0 atom stereocenters. The van der Waals surface area contributed by atoms with Crippen molar-refractivity contribution >= 4 is 28.4 Å². The summed E-state index contributed by atoms with van der Waals surface area (Å²) in [6.45, 7) is 2.78. The molecule has 5 rings (SSSR count). The summed E-state index contributed by atoms with van der Waals surface area (Å²) in [5.41, 5.74) is 11.6. The number of nitrogens with one attached hydrogen (secondary N) is 1. The largest absolute Gasteiger partial charge is 0.497 e. The Morgan fingerprint density at radius 1 is 1.09 bits per heavy atom. The minimum absolute atomic E-state index is 0.590. The van der Waals surface area contributed by atoms with Crippen LogP contribution in [0.3, 0.4) is 0 Å². The van der Waals surface area contributed by atoms with Crippen LogP contribution < -0.4 is 15.4 Å². The lowest BCUT2D eigenvalue weighted by atomic mass is 10.00. The number of amides is 2. The number of carbonyl (C=O) groups is 1. The third-order valence-corrected chi connectivity index (χ3v) is 5.75.